The van der Waals surface area contributed by atoms with E-state index in [1.165, 1.54) is 0 Å². The topological polar surface area (TPSA) is 97.5 Å². The maximum Gasteiger partial charge on any atom is 0.417 e. The van der Waals surface area contributed by atoms with E-state index in [0.717, 1.165) is 57.9 Å². The zero-order valence-corrected chi connectivity index (χ0v) is 20.2. The third-order valence-electron chi connectivity index (χ3n) is 7.38. The van der Waals surface area contributed by atoms with Crippen LogP contribution in [-0.4, -0.2) is 87.5 Å². The number of hydrogen-bond acceptors (Lipinski definition) is 6. The molecule has 2 amide bonds. The van der Waals surface area contributed by atoms with E-state index >= 15 is 0 Å². The lowest BCUT2D eigenvalue weighted by molar-refractivity contribution is -0.170. The molecule has 8 nitrogen and oxygen atoms in total. The molecule has 3 heterocycles. The molecular weight excluding hydrogens is 449 g/mol. The van der Waals surface area contributed by atoms with Gasteiger partial charge in [-0.1, -0.05) is 12.8 Å². The van der Waals surface area contributed by atoms with Crippen molar-refractivity contribution < 1.29 is 22.8 Å². The number of carbonyl (C=O) groups excluding carboxylic acids is 2. The van der Waals surface area contributed by atoms with Crippen molar-refractivity contribution in [3.05, 3.63) is 0 Å². The van der Waals surface area contributed by atoms with Crippen LogP contribution >= 0.6 is 0 Å². The van der Waals surface area contributed by atoms with E-state index in [1.807, 2.05) is 7.05 Å². The maximum atomic E-state index is 12.7. The summed E-state index contributed by atoms with van der Waals surface area (Å²) in [6.45, 7) is 3.08. The molecule has 3 fully saturated rings. The fourth-order valence-electron chi connectivity index (χ4n) is 5.24. The summed E-state index contributed by atoms with van der Waals surface area (Å²) in [6.07, 6.45) is 1.81. The SMILES string of the molecule is CNCCC1CCC(C(=O)NCCCCC2CCN(C(=O)C3CNC(C(F)(F)F)NC3)CC2)N1. The van der Waals surface area contributed by atoms with Crippen LogP contribution in [0.1, 0.15) is 51.4 Å². The van der Waals surface area contributed by atoms with Crippen LogP contribution in [0.3, 0.4) is 0 Å². The molecule has 0 radical (unpaired) electrons. The van der Waals surface area contributed by atoms with Crippen LogP contribution in [0, 0.1) is 11.8 Å². The summed E-state index contributed by atoms with van der Waals surface area (Å²) in [5, 5.41) is 14.4. The Bertz CT molecular complexity index is 649. The lowest BCUT2D eigenvalue weighted by Gasteiger charge is -2.37. The molecule has 0 spiro atoms. The van der Waals surface area contributed by atoms with E-state index in [2.05, 4.69) is 26.6 Å². The Hall–Kier alpha value is -1.43. The largest absolute Gasteiger partial charge is 0.417 e. The number of nitrogens with one attached hydrogen (secondary N) is 5. The minimum Gasteiger partial charge on any atom is -0.355 e. The van der Waals surface area contributed by atoms with E-state index in [1.54, 1.807) is 4.90 Å². The summed E-state index contributed by atoms with van der Waals surface area (Å²) in [4.78, 5) is 26.8. The van der Waals surface area contributed by atoms with Crippen molar-refractivity contribution in [2.45, 2.75) is 75.8 Å². The predicted octanol–water partition coefficient (Wildman–Crippen LogP) is 0.939. The Labute approximate surface area is 200 Å². The molecule has 11 heteroatoms. The fraction of sp³-hybridized carbons (Fsp3) is 0.913. The van der Waals surface area contributed by atoms with Gasteiger partial charge in [-0.3, -0.25) is 20.2 Å². The summed E-state index contributed by atoms with van der Waals surface area (Å²) in [5.41, 5.74) is 0. The number of carbonyl (C=O) groups is 2. The zero-order valence-electron chi connectivity index (χ0n) is 20.2. The molecule has 34 heavy (non-hydrogen) atoms. The molecule has 3 saturated heterocycles. The second kappa shape index (κ2) is 13.0. The zero-order chi connectivity index (χ0) is 24.6. The van der Waals surface area contributed by atoms with E-state index in [4.69, 9.17) is 0 Å². The Morgan fingerprint density at radius 3 is 2.32 bits per heavy atom. The molecule has 3 rings (SSSR count). The number of nitrogens with zero attached hydrogens (tertiary/aromatic N) is 1. The van der Waals surface area contributed by atoms with Gasteiger partial charge in [0.05, 0.1) is 12.0 Å². The number of hydrogen-bond donors (Lipinski definition) is 5. The van der Waals surface area contributed by atoms with Gasteiger partial charge in [0.1, 0.15) is 0 Å². The quantitative estimate of drug-likeness (QED) is 0.293. The second-order valence-electron chi connectivity index (χ2n) is 9.93. The van der Waals surface area contributed by atoms with Gasteiger partial charge in [-0.05, 0) is 58.0 Å². The average molecular weight is 491 g/mol. The molecule has 0 aromatic carbocycles. The molecule has 0 aliphatic carbocycles. The minimum absolute atomic E-state index is 0.0502. The van der Waals surface area contributed by atoms with Gasteiger partial charge >= 0.3 is 6.18 Å². The Morgan fingerprint density at radius 2 is 1.68 bits per heavy atom. The number of alkyl halides is 3. The van der Waals surface area contributed by atoms with Crippen molar-refractivity contribution in [2.75, 3.05) is 46.3 Å². The highest BCUT2D eigenvalue weighted by Crippen LogP contribution is 2.25. The summed E-state index contributed by atoms with van der Waals surface area (Å²) in [5.74, 6) is 0.149. The number of rotatable bonds is 10. The van der Waals surface area contributed by atoms with Gasteiger partial charge in [-0.2, -0.15) is 13.2 Å². The number of unbranched alkanes of at least 4 members (excludes halogenated alkanes) is 1. The summed E-state index contributed by atoms with van der Waals surface area (Å²) in [7, 11) is 1.94. The normalized spacial score (nSPS) is 28.8. The van der Waals surface area contributed by atoms with Crippen LogP contribution < -0.4 is 26.6 Å². The van der Waals surface area contributed by atoms with Crippen molar-refractivity contribution in [3.8, 4) is 0 Å². The van der Waals surface area contributed by atoms with Crippen LogP contribution in [0.4, 0.5) is 13.2 Å². The highest BCUT2D eigenvalue weighted by molar-refractivity contribution is 5.82. The summed E-state index contributed by atoms with van der Waals surface area (Å²) in [6, 6.07) is 0.348. The molecule has 0 aromatic rings. The Kier molecular flexibility index (Phi) is 10.4. The van der Waals surface area contributed by atoms with Gasteiger partial charge in [-0.25, -0.2) is 0 Å². The third kappa shape index (κ3) is 8.07. The first kappa shape index (κ1) is 27.2. The Morgan fingerprint density at radius 1 is 0.971 bits per heavy atom. The van der Waals surface area contributed by atoms with E-state index in [-0.39, 0.29) is 30.9 Å². The van der Waals surface area contributed by atoms with Gasteiger partial charge in [0.15, 0.2) is 6.17 Å². The lowest BCUT2D eigenvalue weighted by Crippen LogP contribution is -2.62. The van der Waals surface area contributed by atoms with Crippen molar-refractivity contribution in [1.82, 2.24) is 31.5 Å². The highest BCUT2D eigenvalue weighted by Gasteiger charge is 2.43. The lowest BCUT2D eigenvalue weighted by atomic mass is 9.90. The van der Waals surface area contributed by atoms with Crippen LogP contribution in [0.2, 0.25) is 0 Å². The predicted molar refractivity (Wildman–Crippen MR) is 124 cm³/mol. The number of likely N-dealkylation sites (tertiary alicyclic amines) is 1. The van der Waals surface area contributed by atoms with E-state index in [0.29, 0.717) is 31.6 Å². The van der Waals surface area contributed by atoms with Gasteiger partial charge in [0.25, 0.3) is 0 Å². The van der Waals surface area contributed by atoms with Crippen LogP contribution in [0.25, 0.3) is 0 Å². The van der Waals surface area contributed by atoms with Gasteiger partial charge in [0.2, 0.25) is 11.8 Å². The number of amides is 2. The van der Waals surface area contributed by atoms with E-state index in [9.17, 15) is 22.8 Å². The number of halogens is 3. The molecule has 2 unspecified atom stereocenters. The molecule has 196 valence electrons. The monoisotopic (exact) mass is 490 g/mol. The Balaban J connectivity index is 1.23. The van der Waals surface area contributed by atoms with Gasteiger partial charge < -0.3 is 20.9 Å². The van der Waals surface area contributed by atoms with Crippen molar-refractivity contribution in [1.29, 1.82) is 0 Å². The van der Waals surface area contributed by atoms with Crippen LogP contribution in [0.5, 0.6) is 0 Å². The molecule has 2 atom stereocenters. The second-order valence-corrected chi connectivity index (χ2v) is 9.93. The number of piperidine rings is 1. The van der Waals surface area contributed by atoms with Crippen molar-refractivity contribution in [2.24, 2.45) is 11.8 Å². The highest BCUT2D eigenvalue weighted by atomic mass is 19.4. The van der Waals surface area contributed by atoms with Gasteiger partial charge in [0, 0.05) is 38.8 Å². The molecule has 3 aliphatic rings. The molecule has 5 N–H and O–H groups in total. The summed E-state index contributed by atoms with van der Waals surface area (Å²) < 4.78 is 38.2. The molecular formula is C23H41F3N6O2. The van der Waals surface area contributed by atoms with Gasteiger partial charge in [-0.15, -0.1) is 0 Å². The average Bonchev–Trinajstić information content (AvgIpc) is 3.31. The molecule has 3 aliphatic heterocycles. The van der Waals surface area contributed by atoms with E-state index < -0.39 is 18.3 Å². The van der Waals surface area contributed by atoms with Crippen molar-refractivity contribution >= 4 is 11.8 Å². The first-order chi connectivity index (χ1) is 16.3. The molecule has 0 bridgehead atoms. The smallest absolute Gasteiger partial charge is 0.355 e. The van der Waals surface area contributed by atoms with Crippen LogP contribution in [0.15, 0.2) is 0 Å². The maximum absolute atomic E-state index is 12.7. The molecule has 0 aromatic heterocycles. The minimum atomic E-state index is -4.35. The summed E-state index contributed by atoms with van der Waals surface area (Å²) >= 11 is 0. The molecule has 0 saturated carbocycles. The third-order valence-corrected chi connectivity index (χ3v) is 7.38. The standard InChI is InChI=1S/C23H41F3N6O2/c1-27-11-7-18-5-6-19(31-18)20(33)28-10-3-2-4-16-8-12-32(13-9-16)21(34)17-14-29-22(30-15-17)23(24,25)26/h16-19,22,27,29-31H,2-15H2,1H3,(H,28,33). The first-order valence-electron chi connectivity index (χ1n) is 12.8. The fourth-order valence-corrected chi connectivity index (χ4v) is 5.24. The van der Waals surface area contributed by atoms with Crippen LogP contribution in [-0.2, 0) is 9.59 Å². The van der Waals surface area contributed by atoms with Crippen molar-refractivity contribution in [3.63, 3.8) is 0 Å². The first-order valence-corrected chi connectivity index (χ1v) is 12.8.